The first kappa shape index (κ1) is 16.6. The van der Waals surface area contributed by atoms with E-state index >= 15 is 0 Å². The number of benzene rings is 1. The molecule has 3 atom stereocenters. The Balaban J connectivity index is 1.79. The van der Waals surface area contributed by atoms with Gasteiger partial charge >= 0.3 is 0 Å². The Morgan fingerprint density at radius 3 is 2.67 bits per heavy atom. The van der Waals surface area contributed by atoms with Crippen LogP contribution < -0.4 is 9.64 Å². The number of quaternary nitrogens is 1. The molecule has 1 saturated heterocycles. The van der Waals surface area contributed by atoms with Gasteiger partial charge < -0.3 is 19.5 Å². The number of hydrogen-bond donors (Lipinski definition) is 2. The number of halogens is 1. The van der Waals surface area contributed by atoms with Crippen LogP contribution in [0.15, 0.2) is 18.2 Å². The maximum Gasteiger partial charge on any atom is 0.137 e. The maximum absolute atomic E-state index is 10.1. The molecule has 0 aromatic heterocycles. The largest absolute Gasteiger partial charge is 0.491 e. The third-order valence-electron chi connectivity index (χ3n) is 3.71. The van der Waals surface area contributed by atoms with Gasteiger partial charge in [0.1, 0.15) is 50.3 Å². The van der Waals surface area contributed by atoms with E-state index in [1.54, 1.807) is 0 Å². The second-order valence-electron chi connectivity index (χ2n) is 6.00. The van der Waals surface area contributed by atoms with E-state index in [1.807, 2.05) is 25.1 Å². The van der Waals surface area contributed by atoms with E-state index in [0.717, 1.165) is 29.4 Å². The SMILES string of the molecule is Cc1cc(OC[C@@H](O)C[NH+]2C[C@@H](C)O[C@H](C)C2)ccc1Cl. The molecular formula is C16H25ClNO3+. The molecule has 0 bridgehead atoms. The molecular weight excluding hydrogens is 290 g/mol. The number of hydrogen-bond acceptors (Lipinski definition) is 3. The molecule has 0 radical (unpaired) electrons. The summed E-state index contributed by atoms with van der Waals surface area (Å²) >= 11 is 5.98. The summed E-state index contributed by atoms with van der Waals surface area (Å²) in [5.41, 5.74) is 0.977. The number of aryl methyl sites for hydroxylation is 1. The van der Waals surface area contributed by atoms with Crippen molar-refractivity contribution in [2.75, 3.05) is 26.2 Å². The number of ether oxygens (including phenoxy) is 2. The fourth-order valence-electron chi connectivity index (χ4n) is 2.85. The highest BCUT2D eigenvalue weighted by atomic mass is 35.5. The van der Waals surface area contributed by atoms with Gasteiger partial charge in [0.05, 0.1) is 0 Å². The van der Waals surface area contributed by atoms with Crippen molar-refractivity contribution < 1.29 is 19.5 Å². The normalized spacial score (nSPS) is 27.4. The molecule has 0 unspecified atom stereocenters. The molecule has 21 heavy (non-hydrogen) atoms. The van der Waals surface area contributed by atoms with E-state index in [-0.39, 0.29) is 12.2 Å². The van der Waals surface area contributed by atoms with Crippen molar-refractivity contribution in [3.63, 3.8) is 0 Å². The summed E-state index contributed by atoms with van der Waals surface area (Å²) in [7, 11) is 0. The van der Waals surface area contributed by atoms with Crippen LogP contribution in [0.1, 0.15) is 19.4 Å². The summed E-state index contributed by atoms with van der Waals surface area (Å²) in [6.45, 7) is 8.94. The minimum Gasteiger partial charge on any atom is -0.491 e. The van der Waals surface area contributed by atoms with Gasteiger partial charge in [0, 0.05) is 5.02 Å². The Kier molecular flexibility index (Phi) is 5.88. The van der Waals surface area contributed by atoms with Crippen LogP contribution in [0.4, 0.5) is 0 Å². The van der Waals surface area contributed by atoms with E-state index in [9.17, 15) is 5.11 Å². The first-order chi connectivity index (χ1) is 9.94. The molecule has 0 amide bonds. The Hall–Kier alpha value is -0.810. The minimum absolute atomic E-state index is 0.246. The second kappa shape index (κ2) is 7.45. The van der Waals surface area contributed by atoms with Gasteiger partial charge in [-0.25, -0.2) is 0 Å². The Morgan fingerprint density at radius 1 is 1.38 bits per heavy atom. The first-order valence-corrected chi connectivity index (χ1v) is 7.88. The molecule has 0 aliphatic carbocycles. The predicted molar refractivity (Wildman–Crippen MR) is 83.3 cm³/mol. The number of aliphatic hydroxyl groups is 1. The summed E-state index contributed by atoms with van der Waals surface area (Å²) in [5.74, 6) is 0.745. The summed E-state index contributed by atoms with van der Waals surface area (Å²) < 4.78 is 11.4. The Labute approximate surface area is 131 Å². The number of morpholine rings is 1. The van der Waals surface area contributed by atoms with Crippen LogP contribution in [0.2, 0.25) is 5.02 Å². The zero-order valence-corrected chi connectivity index (χ0v) is 13.7. The molecule has 1 aliphatic heterocycles. The zero-order valence-electron chi connectivity index (χ0n) is 12.9. The summed E-state index contributed by atoms with van der Waals surface area (Å²) in [5, 5.41) is 10.9. The number of aliphatic hydroxyl groups excluding tert-OH is 1. The van der Waals surface area contributed by atoms with Gasteiger partial charge in [0.15, 0.2) is 0 Å². The summed E-state index contributed by atoms with van der Waals surface area (Å²) in [6, 6.07) is 5.53. The minimum atomic E-state index is -0.478. The average Bonchev–Trinajstić information content (AvgIpc) is 2.39. The molecule has 1 heterocycles. The van der Waals surface area contributed by atoms with Crippen molar-refractivity contribution >= 4 is 11.6 Å². The number of nitrogens with one attached hydrogen (secondary N) is 1. The third-order valence-corrected chi connectivity index (χ3v) is 4.14. The molecule has 0 saturated carbocycles. The van der Waals surface area contributed by atoms with Crippen LogP contribution in [0, 0.1) is 6.92 Å². The lowest BCUT2D eigenvalue weighted by atomic mass is 10.2. The molecule has 118 valence electrons. The lowest BCUT2D eigenvalue weighted by Gasteiger charge is -2.33. The molecule has 2 rings (SSSR count). The van der Waals surface area contributed by atoms with E-state index in [2.05, 4.69) is 13.8 Å². The smallest absolute Gasteiger partial charge is 0.137 e. The Morgan fingerprint density at radius 2 is 2.05 bits per heavy atom. The van der Waals surface area contributed by atoms with Crippen molar-refractivity contribution in [3.05, 3.63) is 28.8 Å². The highest BCUT2D eigenvalue weighted by Crippen LogP contribution is 2.21. The van der Waals surface area contributed by atoms with E-state index in [1.165, 1.54) is 4.90 Å². The molecule has 1 aromatic rings. The van der Waals surface area contributed by atoms with Gasteiger partial charge in [0.2, 0.25) is 0 Å². The lowest BCUT2D eigenvalue weighted by molar-refractivity contribution is -0.918. The van der Waals surface area contributed by atoms with E-state index in [4.69, 9.17) is 21.1 Å². The van der Waals surface area contributed by atoms with E-state index in [0.29, 0.717) is 13.2 Å². The van der Waals surface area contributed by atoms with Gasteiger partial charge in [-0.1, -0.05) is 11.6 Å². The van der Waals surface area contributed by atoms with Crippen LogP contribution in [0.3, 0.4) is 0 Å². The van der Waals surface area contributed by atoms with Crippen LogP contribution >= 0.6 is 11.6 Å². The average molecular weight is 315 g/mol. The highest BCUT2D eigenvalue weighted by molar-refractivity contribution is 6.31. The second-order valence-corrected chi connectivity index (χ2v) is 6.40. The molecule has 4 nitrogen and oxygen atoms in total. The molecule has 5 heteroatoms. The van der Waals surface area contributed by atoms with Gasteiger partial charge in [-0.2, -0.15) is 0 Å². The molecule has 1 aliphatic rings. The predicted octanol–water partition coefficient (Wildman–Crippen LogP) is 1.08. The standard InChI is InChI=1S/C16H24ClNO3/c1-11-6-15(4-5-16(11)17)20-10-14(19)9-18-7-12(2)21-13(3)8-18/h4-6,12-14,19H,7-10H2,1-3H3/p+1/t12-,13-,14+/m1/s1. The monoisotopic (exact) mass is 314 g/mol. The highest BCUT2D eigenvalue weighted by Gasteiger charge is 2.27. The quantitative estimate of drug-likeness (QED) is 0.855. The van der Waals surface area contributed by atoms with Crippen LogP contribution in [-0.4, -0.2) is 49.7 Å². The maximum atomic E-state index is 10.1. The van der Waals surface area contributed by atoms with Gasteiger partial charge in [-0.3, -0.25) is 0 Å². The third kappa shape index (κ3) is 5.15. The van der Waals surface area contributed by atoms with Crippen molar-refractivity contribution in [3.8, 4) is 5.75 Å². The first-order valence-electron chi connectivity index (χ1n) is 7.50. The van der Waals surface area contributed by atoms with Crippen molar-refractivity contribution in [2.45, 2.75) is 39.1 Å². The molecule has 0 spiro atoms. The molecule has 1 aromatic carbocycles. The van der Waals surface area contributed by atoms with E-state index < -0.39 is 6.10 Å². The zero-order chi connectivity index (χ0) is 15.4. The van der Waals surface area contributed by atoms with Crippen LogP contribution in [0.5, 0.6) is 5.75 Å². The summed E-state index contributed by atoms with van der Waals surface area (Å²) in [4.78, 5) is 1.37. The van der Waals surface area contributed by atoms with Crippen LogP contribution in [0.25, 0.3) is 0 Å². The van der Waals surface area contributed by atoms with Crippen molar-refractivity contribution in [2.24, 2.45) is 0 Å². The van der Waals surface area contributed by atoms with Gasteiger partial charge in [-0.05, 0) is 44.5 Å². The number of rotatable bonds is 5. The fourth-order valence-corrected chi connectivity index (χ4v) is 2.96. The molecule has 1 fully saturated rings. The van der Waals surface area contributed by atoms with Crippen molar-refractivity contribution in [1.29, 1.82) is 0 Å². The lowest BCUT2D eigenvalue weighted by Crippen LogP contribution is -3.16. The van der Waals surface area contributed by atoms with Gasteiger partial charge in [-0.15, -0.1) is 0 Å². The van der Waals surface area contributed by atoms with Crippen LogP contribution in [-0.2, 0) is 4.74 Å². The van der Waals surface area contributed by atoms with Crippen molar-refractivity contribution in [1.82, 2.24) is 0 Å². The topological polar surface area (TPSA) is 43.1 Å². The van der Waals surface area contributed by atoms with Gasteiger partial charge in [0.25, 0.3) is 0 Å². The summed E-state index contributed by atoms with van der Waals surface area (Å²) in [6.07, 6.45) is 0.0139. The fraction of sp³-hybridized carbons (Fsp3) is 0.625. The Bertz CT molecular complexity index is 459. The molecule has 2 N–H and O–H groups in total.